The van der Waals surface area contributed by atoms with E-state index in [4.69, 9.17) is 5.73 Å². The molecule has 11 heavy (non-hydrogen) atoms. The van der Waals surface area contributed by atoms with Gasteiger partial charge < -0.3 is 5.73 Å². The average molecular weight is 158 g/mol. The summed E-state index contributed by atoms with van der Waals surface area (Å²) < 4.78 is 0. The number of primary amides is 1. The Morgan fingerprint density at radius 1 is 1.64 bits per heavy atom. The lowest BCUT2D eigenvalue weighted by molar-refractivity contribution is -0.403. The second-order valence-corrected chi connectivity index (χ2v) is 2.39. The summed E-state index contributed by atoms with van der Waals surface area (Å²) in [4.78, 5) is 19.8. The molecule has 0 rings (SSSR count). The maximum Gasteiger partial charge on any atom is 0.251 e. The van der Waals surface area contributed by atoms with Crippen molar-refractivity contribution >= 4 is 5.91 Å². The molecule has 5 nitrogen and oxygen atoms in total. The van der Waals surface area contributed by atoms with Crippen molar-refractivity contribution < 1.29 is 9.72 Å². The number of carbonyl (C=O) groups excluding carboxylic acids is 1. The van der Waals surface area contributed by atoms with Crippen LogP contribution in [0.4, 0.5) is 0 Å². The lowest BCUT2D eigenvalue weighted by atomic mass is 10.0. The van der Waals surface area contributed by atoms with Gasteiger partial charge in [0.2, 0.25) is 6.20 Å². The van der Waals surface area contributed by atoms with Gasteiger partial charge in [0.1, 0.15) is 0 Å². The summed E-state index contributed by atoms with van der Waals surface area (Å²) in [5, 5.41) is 9.94. The van der Waals surface area contributed by atoms with Crippen molar-refractivity contribution in [1.82, 2.24) is 0 Å². The second-order valence-electron chi connectivity index (χ2n) is 2.39. The van der Waals surface area contributed by atoms with E-state index in [-0.39, 0.29) is 11.5 Å². The van der Waals surface area contributed by atoms with Gasteiger partial charge in [-0.1, -0.05) is 13.8 Å². The predicted octanol–water partition coefficient (Wildman–Crippen LogP) is 0.288. The van der Waals surface area contributed by atoms with Gasteiger partial charge >= 0.3 is 0 Å². The molecule has 0 aliphatic carbocycles. The third kappa shape index (κ3) is 3.34. The van der Waals surface area contributed by atoms with Gasteiger partial charge in [-0.3, -0.25) is 14.9 Å². The summed E-state index contributed by atoms with van der Waals surface area (Å²) in [7, 11) is 0. The van der Waals surface area contributed by atoms with Crippen LogP contribution in [0, 0.1) is 16.0 Å². The van der Waals surface area contributed by atoms with Crippen LogP contribution in [0.1, 0.15) is 13.8 Å². The minimum Gasteiger partial charge on any atom is -0.366 e. The van der Waals surface area contributed by atoms with Gasteiger partial charge in [-0.05, 0) is 5.92 Å². The fourth-order valence-corrected chi connectivity index (χ4v) is 0.611. The number of nitrogens with two attached hydrogens (primary N) is 1. The highest BCUT2D eigenvalue weighted by atomic mass is 16.6. The number of hydrogen-bond donors (Lipinski definition) is 1. The molecule has 62 valence electrons. The van der Waals surface area contributed by atoms with Crippen LogP contribution in [0.5, 0.6) is 0 Å². The van der Waals surface area contributed by atoms with E-state index in [0.717, 1.165) is 0 Å². The molecule has 0 aliphatic heterocycles. The molecule has 5 heteroatoms. The molecule has 0 bridgehead atoms. The Morgan fingerprint density at radius 3 is 2.18 bits per heavy atom. The number of nitrogens with zero attached hydrogens (tertiary/aromatic N) is 1. The van der Waals surface area contributed by atoms with Crippen molar-refractivity contribution in [1.29, 1.82) is 0 Å². The smallest absolute Gasteiger partial charge is 0.251 e. The van der Waals surface area contributed by atoms with E-state index in [0.29, 0.717) is 6.20 Å². The summed E-state index contributed by atoms with van der Waals surface area (Å²) >= 11 is 0. The minimum absolute atomic E-state index is 0.0370. The maximum atomic E-state index is 10.5. The van der Waals surface area contributed by atoms with Gasteiger partial charge in [0, 0.05) is 0 Å². The largest absolute Gasteiger partial charge is 0.366 e. The van der Waals surface area contributed by atoms with Gasteiger partial charge in [-0.25, -0.2) is 0 Å². The molecule has 0 saturated heterocycles. The van der Waals surface area contributed by atoms with Crippen molar-refractivity contribution in [2.24, 2.45) is 11.7 Å². The Kier molecular flexibility index (Phi) is 3.23. The molecule has 0 aromatic carbocycles. The van der Waals surface area contributed by atoms with E-state index in [1.54, 1.807) is 13.8 Å². The molecule has 1 amide bonds. The summed E-state index contributed by atoms with van der Waals surface area (Å²) in [6, 6.07) is 0. The molecule has 0 aromatic heterocycles. The highest BCUT2D eigenvalue weighted by Gasteiger charge is 2.13. The zero-order chi connectivity index (χ0) is 9.02. The summed E-state index contributed by atoms with van der Waals surface area (Å²) in [5.41, 5.74) is 4.91. The topological polar surface area (TPSA) is 86.2 Å². The minimum atomic E-state index is -0.739. The third-order valence-corrected chi connectivity index (χ3v) is 1.15. The van der Waals surface area contributed by atoms with Crippen LogP contribution in [0.2, 0.25) is 0 Å². The first kappa shape index (κ1) is 9.61. The average Bonchev–Trinajstić information content (AvgIpc) is 1.81. The van der Waals surface area contributed by atoms with Gasteiger partial charge in [-0.2, -0.15) is 0 Å². The van der Waals surface area contributed by atoms with Crippen LogP contribution in [0.15, 0.2) is 11.8 Å². The molecule has 0 saturated carbocycles. The van der Waals surface area contributed by atoms with Crippen molar-refractivity contribution in [3.8, 4) is 0 Å². The van der Waals surface area contributed by atoms with Crippen LogP contribution in [-0.4, -0.2) is 10.8 Å². The normalized spacial score (nSPS) is 11.7. The van der Waals surface area contributed by atoms with Crippen molar-refractivity contribution in [2.75, 3.05) is 0 Å². The molecule has 2 N–H and O–H groups in total. The fourth-order valence-electron chi connectivity index (χ4n) is 0.611. The molecule has 0 heterocycles. The van der Waals surface area contributed by atoms with E-state index >= 15 is 0 Å². The fraction of sp³-hybridized carbons (Fsp3) is 0.500. The SMILES string of the molecule is CC(C)C(=C[N+](=O)[O-])C(N)=O. The van der Waals surface area contributed by atoms with Gasteiger partial charge in [0.25, 0.3) is 5.91 Å². The van der Waals surface area contributed by atoms with Gasteiger partial charge in [0.15, 0.2) is 0 Å². The van der Waals surface area contributed by atoms with Crippen LogP contribution >= 0.6 is 0 Å². The monoisotopic (exact) mass is 158 g/mol. The maximum absolute atomic E-state index is 10.5. The lowest BCUT2D eigenvalue weighted by Gasteiger charge is -2.01. The first-order valence-electron chi connectivity index (χ1n) is 3.10. The quantitative estimate of drug-likeness (QED) is 0.363. The summed E-state index contributed by atoms with van der Waals surface area (Å²) in [6.45, 7) is 3.33. The molecule has 0 aliphatic rings. The van der Waals surface area contributed by atoms with E-state index in [1.807, 2.05) is 0 Å². The first-order valence-corrected chi connectivity index (χ1v) is 3.10. The Labute approximate surface area is 64.0 Å². The van der Waals surface area contributed by atoms with E-state index in [2.05, 4.69) is 0 Å². The highest BCUT2D eigenvalue weighted by molar-refractivity contribution is 5.91. The van der Waals surface area contributed by atoms with Crippen LogP contribution in [-0.2, 0) is 4.79 Å². The van der Waals surface area contributed by atoms with Crippen LogP contribution < -0.4 is 5.73 Å². The Bertz CT molecular complexity index is 208. The first-order chi connectivity index (χ1) is 4.95. The van der Waals surface area contributed by atoms with E-state index in [1.165, 1.54) is 0 Å². The Balaban J connectivity index is 4.60. The number of carbonyl (C=O) groups is 1. The van der Waals surface area contributed by atoms with Crippen LogP contribution in [0.25, 0.3) is 0 Å². The highest BCUT2D eigenvalue weighted by Crippen LogP contribution is 2.07. The molecule has 0 atom stereocenters. The van der Waals surface area contributed by atoms with E-state index < -0.39 is 10.8 Å². The zero-order valence-corrected chi connectivity index (χ0v) is 6.40. The molecule has 0 unspecified atom stereocenters. The van der Waals surface area contributed by atoms with Gasteiger partial charge in [0.05, 0.1) is 10.5 Å². The summed E-state index contributed by atoms with van der Waals surface area (Å²) in [5.74, 6) is -0.949. The molecule has 0 fully saturated rings. The molecule has 0 aromatic rings. The molecular formula is C6H10N2O3. The number of hydrogen-bond acceptors (Lipinski definition) is 3. The third-order valence-electron chi connectivity index (χ3n) is 1.15. The molecule has 0 spiro atoms. The van der Waals surface area contributed by atoms with Crippen molar-refractivity contribution in [3.05, 3.63) is 21.9 Å². The Hall–Kier alpha value is -1.39. The van der Waals surface area contributed by atoms with Crippen molar-refractivity contribution in [2.45, 2.75) is 13.8 Å². The number of rotatable bonds is 3. The van der Waals surface area contributed by atoms with Crippen LogP contribution in [0.3, 0.4) is 0 Å². The zero-order valence-electron chi connectivity index (χ0n) is 6.40. The lowest BCUT2D eigenvalue weighted by Crippen LogP contribution is -2.18. The van der Waals surface area contributed by atoms with Gasteiger partial charge in [-0.15, -0.1) is 0 Å². The standard InChI is InChI=1S/C6H10N2O3/c1-4(2)5(6(7)9)3-8(10)11/h3-4H,1-2H3,(H2,7,9). The number of amides is 1. The second kappa shape index (κ2) is 3.70. The molecule has 0 radical (unpaired) electrons. The predicted molar refractivity (Wildman–Crippen MR) is 39.1 cm³/mol. The summed E-state index contributed by atoms with van der Waals surface area (Å²) in [6.07, 6.45) is 0.646. The Morgan fingerprint density at radius 2 is 2.09 bits per heavy atom. The van der Waals surface area contributed by atoms with E-state index in [9.17, 15) is 14.9 Å². The molecular weight excluding hydrogens is 148 g/mol. The number of nitro groups is 1. The van der Waals surface area contributed by atoms with Crippen molar-refractivity contribution in [3.63, 3.8) is 0 Å².